The molecule has 0 aliphatic carbocycles. The van der Waals surface area contributed by atoms with E-state index in [1.807, 2.05) is 17.4 Å². The molecule has 2 aromatic heterocycles. The predicted molar refractivity (Wildman–Crippen MR) is 210 cm³/mol. The van der Waals surface area contributed by atoms with Crippen molar-refractivity contribution in [1.82, 2.24) is 0 Å². The Balaban J connectivity index is 1.24. The minimum atomic E-state index is 0.871. The molecule has 0 N–H and O–H groups in total. The largest absolute Gasteiger partial charge is 0.456 e. The van der Waals surface area contributed by atoms with E-state index in [2.05, 4.69) is 175 Å². The molecule has 0 atom stereocenters. The Labute approximate surface area is 287 Å². The number of rotatable bonds is 5. The van der Waals surface area contributed by atoms with Crippen LogP contribution in [0.25, 0.3) is 75.1 Å². The van der Waals surface area contributed by atoms with Gasteiger partial charge in [-0.05, 0) is 70.1 Å². The van der Waals surface area contributed by atoms with E-state index in [4.69, 9.17) is 4.42 Å². The molecule has 10 rings (SSSR count). The Morgan fingerprint density at radius 1 is 0.429 bits per heavy atom. The van der Waals surface area contributed by atoms with E-state index < -0.39 is 0 Å². The number of fused-ring (bicyclic) bond motifs is 7. The minimum Gasteiger partial charge on any atom is -0.456 e. The van der Waals surface area contributed by atoms with Crippen LogP contribution in [0.5, 0.6) is 0 Å². The van der Waals surface area contributed by atoms with Crippen LogP contribution in [0.3, 0.4) is 0 Å². The summed E-state index contributed by atoms with van der Waals surface area (Å²) in [6, 6.07) is 63.1. The van der Waals surface area contributed by atoms with Crippen molar-refractivity contribution in [3.05, 3.63) is 176 Å². The normalized spacial score (nSPS) is 11.7. The molecule has 0 bridgehead atoms. The van der Waals surface area contributed by atoms with Crippen LogP contribution in [-0.2, 0) is 0 Å². The first-order valence-electron chi connectivity index (χ1n) is 16.6. The first kappa shape index (κ1) is 27.9. The van der Waals surface area contributed by atoms with E-state index >= 15 is 0 Å². The molecule has 0 saturated carbocycles. The van der Waals surface area contributed by atoms with Gasteiger partial charge in [-0.25, -0.2) is 0 Å². The van der Waals surface area contributed by atoms with Gasteiger partial charge in [-0.1, -0.05) is 127 Å². The molecule has 230 valence electrons. The highest BCUT2D eigenvalue weighted by molar-refractivity contribution is 7.26. The molecule has 0 unspecified atom stereocenters. The van der Waals surface area contributed by atoms with Crippen LogP contribution in [0, 0.1) is 0 Å². The van der Waals surface area contributed by atoms with Crippen molar-refractivity contribution in [2.24, 2.45) is 0 Å². The molecule has 49 heavy (non-hydrogen) atoms. The monoisotopic (exact) mass is 643 g/mol. The maximum Gasteiger partial charge on any atom is 0.137 e. The molecule has 0 saturated heterocycles. The molecule has 10 aromatic rings. The van der Waals surface area contributed by atoms with E-state index in [0.29, 0.717) is 0 Å². The van der Waals surface area contributed by atoms with Gasteiger partial charge in [0.25, 0.3) is 0 Å². The van der Waals surface area contributed by atoms with Gasteiger partial charge in [0.05, 0.1) is 11.4 Å². The van der Waals surface area contributed by atoms with Crippen molar-refractivity contribution in [1.29, 1.82) is 0 Å². The fourth-order valence-electron chi connectivity index (χ4n) is 7.37. The second kappa shape index (κ2) is 11.2. The van der Waals surface area contributed by atoms with E-state index in [1.165, 1.54) is 47.6 Å². The summed E-state index contributed by atoms with van der Waals surface area (Å²) in [7, 11) is 0. The highest BCUT2D eigenvalue weighted by Gasteiger charge is 2.23. The fourth-order valence-corrected chi connectivity index (χ4v) is 8.63. The lowest BCUT2D eigenvalue weighted by Crippen LogP contribution is -2.11. The predicted octanol–water partition coefficient (Wildman–Crippen LogP) is 13.9. The number of hydrogen-bond acceptors (Lipinski definition) is 3. The standard InChI is InChI=1S/C46H29NOS/c1-3-12-30(13-4-1)33-22-24-37-38-25-23-34(29-43(38)48-42(37)28-33)47(40-20-11-17-31-16-7-8-18-35(31)40)41-27-26-36(32-14-5-2-6-15-32)46-45(41)39-19-9-10-21-44(39)49-46/h1-29H. The van der Waals surface area contributed by atoms with E-state index in [1.54, 1.807) is 0 Å². The molecule has 2 nitrogen and oxygen atoms in total. The van der Waals surface area contributed by atoms with E-state index in [0.717, 1.165) is 44.6 Å². The van der Waals surface area contributed by atoms with Crippen LogP contribution in [0.15, 0.2) is 180 Å². The third kappa shape index (κ3) is 4.55. The van der Waals surface area contributed by atoms with Gasteiger partial charge >= 0.3 is 0 Å². The molecule has 0 aliphatic rings. The molecular formula is C46H29NOS. The second-order valence-corrected chi connectivity index (χ2v) is 13.5. The minimum absolute atomic E-state index is 0.871. The zero-order valence-electron chi connectivity index (χ0n) is 26.5. The van der Waals surface area contributed by atoms with Crippen LogP contribution < -0.4 is 4.90 Å². The summed E-state index contributed by atoms with van der Waals surface area (Å²) in [6.07, 6.45) is 0. The van der Waals surface area contributed by atoms with Crippen molar-refractivity contribution in [3.63, 3.8) is 0 Å². The number of hydrogen-bond donors (Lipinski definition) is 0. The quantitative estimate of drug-likeness (QED) is 0.186. The number of anilines is 3. The van der Waals surface area contributed by atoms with Gasteiger partial charge in [0.2, 0.25) is 0 Å². The number of thiophene rings is 1. The van der Waals surface area contributed by atoms with E-state index in [-0.39, 0.29) is 0 Å². The highest BCUT2D eigenvalue weighted by Crippen LogP contribution is 2.49. The summed E-state index contributed by atoms with van der Waals surface area (Å²) in [4.78, 5) is 2.43. The maximum atomic E-state index is 6.66. The summed E-state index contributed by atoms with van der Waals surface area (Å²) in [5.74, 6) is 0. The Morgan fingerprint density at radius 2 is 1.10 bits per heavy atom. The smallest absolute Gasteiger partial charge is 0.137 e. The SMILES string of the molecule is c1ccc(-c2ccc3c(c2)oc2cc(N(c4cccc5ccccc45)c4ccc(-c5ccccc5)c5sc6ccccc6c45)ccc23)cc1. The number of benzene rings is 8. The summed E-state index contributed by atoms with van der Waals surface area (Å²) in [5, 5.41) is 7.15. The Kier molecular flexibility index (Phi) is 6.39. The van der Waals surface area contributed by atoms with Crippen molar-refractivity contribution < 1.29 is 4.42 Å². The van der Waals surface area contributed by atoms with E-state index in [9.17, 15) is 0 Å². The van der Waals surface area contributed by atoms with Gasteiger partial charge in [0, 0.05) is 48.1 Å². The average Bonchev–Trinajstić information content (AvgIpc) is 3.74. The molecule has 0 aliphatic heterocycles. The van der Waals surface area contributed by atoms with Crippen molar-refractivity contribution in [3.8, 4) is 22.3 Å². The lowest BCUT2D eigenvalue weighted by molar-refractivity contribution is 0.669. The van der Waals surface area contributed by atoms with Crippen LogP contribution in [0.1, 0.15) is 0 Å². The summed E-state index contributed by atoms with van der Waals surface area (Å²) < 4.78 is 9.22. The van der Waals surface area contributed by atoms with Gasteiger partial charge < -0.3 is 9.32 Å². The van der Waals surface area contributed by atoms with Gasteiger partial charge in [0.15, 0.2) is 0 Å². The van der Waals surface area contributed by atoms with Crippen molar-refractivity contribution in [2.75, 3.05) is 4.90 Å². The summed E-state index contributed by atoms with van der Waals surface area (Å²) >= 11 is 1.87. The second-order valence-electron chi connectivity index (χ2n) is 12.5. The molecule has 0 radical (unpaired) electrons. The lowest BCUT2D eigenvalue weighted by Gasteiger charge is -2.28. The zero-order chi connectivity index (χ0) is 32.3. The van der Waals surface area contributed by atoms with Gasteiger partial charge in [-0.2, -0.15) is 0 Å². The lowest BCUT2D eigenvalue weighted by atomic mass is 9.99. The maximum absolute atomic E-state index is 6.66. The first-order valence-corrected chi connectivity index (χ1v) is 17.4. The number of nitrogens with zero attached hydrogens (tertiary/aromatic N) is 1. The van der Waals surface area contributed by atoms with Crippen molar-refractivity contribution in [2.45, 2.75) is 0 Å². The van der Waals surface area contributed by atoms with Crippen LogP contribution in [0.2, 0.25) is 0 Å². The Morgan fingerprint density at radius 3 is 1.94 bits per heavy atom. The average molecular weight is 644 g/mol. The molecular weight excluding hydrogens is 615 g/mol. The van der Waals surface area contributed by atoms with Gasteiger partial charge in [-0.15, -0.1) is 11.3 Å². The summed E-state index contributed by atoms with van der Waals surface area (Å²) in [5.41, 5.74) is 9.89. The number of furan rings is 1. The molecule has 0 fully saturated rings. The van der Waals surface area contributed by atoms with Gasteiger partial charge in [0.1, 0.15) is 11.2 Å². The molecule has 3 heteroatoms. The molecule has 8 aromatic carbocycles. The van der Waals surface area contributed by atoms with Crippen LogP contribution >= 0.6 is 11.3 Å². The van der Waals surface area contributed by atoms with Gasteiger partial charge in [-0.3, -0.25) is 0 Å². The summed E-state index contributed by atoms with van der Waals surface area (Å²) in [6.45, 7) is 0. The molecule has 2 heterocycles. The van der Waals surface area contributed by atoms with Crippen LogP contribution in [-0.4, -0.2) is 0 Å². The third-order valence-electron chi connectivity index (χ3n) is 9.66. The fraction of sp³-hybridized carbons (Fsp3) is 0. The highest BCUT2D eigenvalue weighted by atomic mass is 32.1. The Hall–Kier alpha value is -6.16. The zero-order valence-corrected chi connectivity index (χ0v) is 27.3. The van der Waals surface area contributed by atoms with Crippen LogP contribution in [0.4, 0.5) is 17.1 Å². The molecule has 0 spiro atoms. The topological polar surface area (TPSA) is 16.4 Å². The first-order chi connectivity index (χ1) is 24.3. The Bertz CT molecular complexity index is 2820. The third-order valence-corrected chi connectivity index (χ3v) is 10.9. The van der Waals surface area contributed by atoms with Crippen molar-refractivity contribution >= 4 is 81.3 Å². The molecule has 0 amide bonds.